The Balaban J connectivity index is 2.81. The van der Waals surface area contributed by atoms with E-state index in [1.165, 1.54) is 11.1 Å². The van der Waals surface area contributed by atoms with E-state index in [1.54, 1.807) is 0 Å². The average Bonchev–Trinajstić information content (AvgIpc) is 2.24. The summed E-state index contributed by atoms with van der Waals surface area (Å²) in [5.41, 5.74) is 7.80. The fourth-order valence-electron chi connectivity index (χ4n) is 1.99. The van der Waals surface area contributed by atoms with Gasteiger partial charge < -0.3 is 5.73 Å². The maximum absolute atomic E-state index is 14.3. The summed E-state index contributed by atoms with van der Waals surface area (Å²) in [7, 11) is 0. The molecule has 2 N–H and O–H groups in total. The van der Waals surface area contributed by atoms with Crippen LogP contribution in [0.2, 0.25) is 0 Å². The Labute approximate surface area is 97.9 Å². The van der Waals surface area contributed by atoms with Crippen molar-refractivity contribution in [2.75, 3.05) is 6.54 Å². The summed E-state index contributed by atoms with van der Waals surface area (Å²) >= 11 is 0. The highest BCUT2D eigenvalue weighted by molar-refractivity contribution is 5.30. The standard InChI is InChI=1S/C14H22FN/c1-4-7-14(15,10-16)9-13-6-5-11(2)12(3)8-13/h5-6,8H,4,7,9-10,16H2,1-3H3. The molecular formula is C14H22FN. The summed E-state index contributed by atoms with van der Waals surface area (Å²) in [6.07, 6.45) is 1.80. The lowest BCUT2D eigenvalue weighted by Crippen LogP contribution is -2.35. The lowest BCUT2D eigenvalue weighted by Gasteiger charge is -2.23. The van der Waals surface area contributed by atoms with Gasteiger partial charge in [-0.1, -0.05) is 31.5 Å². The highest BCUT2D eigenvalue weighted by Gasteiger charge is 2.27. The average molecular weight is 223 g/mol. The van der Waals surface area contributed by atoms with Crippen molar-refractivity contribution in [3.05, 3.63) is 34.9 Å². The van der Waals surface area contributed by atoms with E-state index in [2.05, 4.69) is 19.9 Å². The topological polar surface area (TPSA) is 26.0 Å². The van der Waals surface area contributed by atoms with Crippen molar-refractivity contribution >= 4 is 0 Å². The predicted octanol–water partition coefficient (Wildman–Crippen LogP) is 3.31. The van der Waals surface area contributed by atoms with Gasteiger partial charge in [-0.2, -0.15) is 0 Å². The lowest BCUT2D eigenvalue weighted by molar-refractivity contribution is 0.158. The molecule has 0 saturated carbocycles. The van der Waals surface area contributed by atoms with Gasteiger partial charge in [-0.05, 0) is 37.0 Å². The molecule has 90 valence electrons. The van der Waals surface area contributed by atoms with E-state index in [-0.39, 0.29) is 6.54 Å². The minimum atomic E-state index is -1.24. The molecule has 0 aliphatic carbocycles. The maximum atomic E-state index is 14.3. The number of halogens is 1. The zero-order valence-electron chi connectivity index (χ0n) is 10.5. The van der Waals surface area contributed by atoms with Crippen LogP contribution in [0.1, 0.15) is 36.5 Å². The summed E-state index contributed by atoms with van der Waals surface area (Å²) in [6.45, 7) is 6.22. The second kappa shape index (κ2) is 5.44. The minimum absolute atomic E-state index is 0.105. The molecule has 1 rings (SSSR count). The van der Waals surface area contributed by atoms with Gasteiger partial charge in [0.15, 0.2) is 0 Å². The van der Waals surface area contributed by atoms with Crippen molar-refractivity contribution in [2.24, 2.45) is 5.73 Å². The molecule has 0 bridgehead atoms. The summed E-state index contributed by atoms with van der Waals surface area (Å²) in [4.78, 5) is 0. The van der Waals surface area contributed by atoms with Crippen molar-refractivity contribution in [3.63, 3.8) is 0 Å². The molecule has 1 aromatic carbocycles. The third-order valence-electron chi connectivity index (χ3n) is 3.16. The third kappa shape index (κ3) is 3.31. The molecule has 16 heavy (non-hydrogen) atoms. The van der Waals surface area contributed by atoms with E-state index in [0.717, 1.165) is 12.0 Å². The Morgan fingerprint density at radius 2 is 1.94 bits per heavy atom. The number of aryl methyl sites for hydroxylation is 2. The first-order valence-corrected chi connectivity index (χ1v) is 5.96. The summed E-state index contributed by atoms with van der Waals surface area (Å²) in [5.74, 6) is 0. The Kier molecular flexibility index (Phi) is 4.48. The van der Waals surface area contributed by atoms with Crippen LogP contribution in [-0.4, -0.2) is 12.2 Å². The molecule has 1 nitrogen and oxygen atoms in total. The first-order chi connectivity index (χ1) is 7.50. The molecule has 0 spiro atoms. The predicted molar refractivity (Wildman–Crippen MR) is 67.4 cm³/mol. The fraction of sp³-hybridized carbons (Fsp3) is 0.571. The van der Waals surface area contributed by atoms with Gasteiger partial charge in [-0.25, -0.2) is 4.39 Å². The molecule has 2 heteroatoms. The fourth-order valence-corrected chi connectivity index (χ4v) is 1.99. The van der Waals surface area contributed by atoms with Crippen LogP contribution in [0.15, 0.2) is 18.2 Å². The van der Waals surface area contributed by atoms with Crippen molar-refractivity contribution in [1.29, 1.82) is 0 Å². The summed E-state index contributed by atoms with van der Waals surface area (Å²) < 4.78 is 14.3. The van der Waals surface area contributed by atoms with E-state index < -0.39 is 5.67 Å². The molecule has 0 aromatic heterocycles. The Morgan fingerprint density at radius 3 is 2.44 bits per heavy atom. The lowest BCUT2D eigenvalue weighted by atomic mass is 9.91. The second-order valence-corrected chi connectivity index (χ2v) is 4.70. The van der Waals surface area contributed by atoms with Crippen molar-refractivity contribution in [1.82, 2.24) is 0 Å². The molecular weight excluding hydrogens is 201 g/mol. The molecule has 0 saturated heterocycles. The van der Waals surface area contributed by atoms with Crippen LogP contribution >= 0.6 is 0 Å². The molecule has 0 aliphatic heterocycles. The smallest absolute Gasteiger partial charge is 0.127 e. The molecule has 1 aromatic rings. The normalized spacial score (nSPS) is 14.8. The summed E-state index contributed by atoms with van der Waals surface area (Å²) in [6, 6.07) is 6.12. The Bertz CT molecular complexity index is 349. The SMILES string of the molecule is CCCC(F)(CN)Cc1ccc(C)c(C)c1. The zero-order chi connectivity index (χ0) is 12.2. The van der Waals surface area contributed by atoms with E-state index in [4.69, 9.17) is 5.73 Å². The molecule has 0 fully saturated rings. The highest BCUT2D eigenvalue weighted by atomic mass is 19.1. The number of benzene rings is 1. The number of hydrogen-bond donors (Lipinski definition) is 1. The minimum Gasteiger partial charge on any atom is -0.328 e. The van der Waals surface area contributed by atoms with Gasteiger partial charge in [0.25, 0.3) is 0 Å². The van der Waals surface area contributed by atoms with Crippen LogP contribution in [0.3, 0.4) is 0 Å². The Hall–Kier alpha value is -0.890. The molecule has 1 unspecified atom stereocenters. The van der Waals surface area contributed by atoms with Gasteiger partial charge in [-0.15, -0.1) is 0 Å². The Morgan fingerprint density at radius 1 is 1.25 bits per heavy atom. The largest absolute Gasteiger partial charge is 0.328 e. The quantitative estimate of drug-likeness (QED) is 0.814. The van der Waals surface area contributed by atoms with Gasteiger partial charge in [0.2, 0.25) is 0 Å². The number of nitrogens with two attached hydrogens (primary N) is 1. The van der Waals surface area contributed by atoms with E-state index in [9.17, 15) is 4.39 Å². The van der Waals surface area contributed by atoms with Gasteiger partial charge >= 0.3 is 0 Å². The van der Waals surface area contributed by atoms with Crippen LogP contribution in [-0.2, 0) is 6.42 Å². The molecule has 0 amide bonds. The molecule has 1 atom stereocenters. The van der Waals surface area contributed by atoms with E-state index in [0.29, 0.717) is 12.8 Å². The number of hydrogen-bond acceptors (Lipinski definition) is 1. The van der Waals surface area contributed by atoms with Crippen molar-refractivity contribution in [3.8, 4) is 0 Å². The van der Waals surface area contributed by atoms with E-state index in [1.807, 2.05) is 19.1 Å². The van der Waals surface area contributed by atoms with Crippen LogP contribution in [0, 0.1) is 13.8 Å². The van der Waals surface area contributed by atoms with Gasteiger partial charge in [0, 0.05) is 13.0 Å². The first-order valence-electron chi connectivity index (χ1n) is 5.96. The summed E-state index contributed by atoms with van der Waals surface area (Å²) in [5, 5.41) is 0. The molecule has 0 heterocycles. The van der Waals surface area contributed by atoms with Crippen LogP contribution in [0.5, 0.6) is 0 Å². The van der Waals surface area contributed by atoms with Crippen molar-refractivity contribution in [2.45, 2.75) is 45.7 Å². The van der Waals surface area contributed by atoms with Crippen LogP contribution in [0.4, 0.5) is 4.39 Å². The first kappa shape index (κ1) is 13.2. The van der Waals surface area contributed by atoms with Gasteiger partial charge in [-0.3, -0.25) is 0 Å². The molecule has 0 radical (unpaired) electrons. The van der Waals surface area contributed by atoms with E-state index >= 15 is 0 Å². The van der Waals surface area contributed by atoms with Crippen molar-refractivity contribution < 1.29 is 4.39 Å². The maximum Gasteiger partial charge on any atom is 0.127 e. The third-order valence-corrected chi connectivity index (χ3v) is 3.16. The second-order valence-electron chi connectivity index (χ2n) is 4.70. The van der Waals surface area contributed by atoms with Crippen LogP contribution in [0.25, 0.3) is 0 Å². The van der Waals surface area contributed by atoms with Gasteiger partial charge in [0.1, 0.15) is 5.67 Å². The van der Waals surface area contributed by atoms with Crippen LogP contribution < -0.4 is 5.73 Å². The molecule has 0 aliphatic rings. The monoisotopic (exact) mass is 223 g/mol. The number of alkyl halides is 1. The zero-order valence-corrected chi connectivity index (χ0v) is 10.5. The number of rotatable bonds is 5. The highest BCUT2D eigenvalue weighted by Crippen LogP contribution is 2.23. The van der Waals surface area contributed by atoms with Gasteiger partial charge in [0.05, 0.1) is 0 Å².